The van der Waals surface area contributed by atoms with Crippen LogP contribution in [-0.4, -0.2) is 39.6 Å². The number of aromatic nitrogens is 2. The predicted octanol–water partition coefficient (Wildman–Crippen LogP) is 5.71. The van der Waals surface area contributed by atoms with Gasteiger partial charge in [-0.25, -0.2) is 0 Å². The highest BCUT2D eigenvalue weighted by Gasteiger charge is 2.32. The van der Waals surface area contributed by atoms with Gasteiger partial charge in [0.15, 0.2) is 0 Å². The van der Waals surface area contributed by atoms with Crippen LogP contribution in [0.2, 0.25) is 4.34 Å². The zero-order valence-electron chi connectivity index (χ0n) is 18.4. The first-order valence-electron chi connectivity index (χ1n) is 10.7. The van der Waals surface area contributed by atoms with Crippen molar-refractivity contribution in [2.75, 3.05) is 18.4 Å². The number of nitrogens with zero attached hydrogens (tertiary/aromatic N) is 3. The largest absolute Gasteiger partial charge is 0.365 e. The monoisotopic (exact) mass is 490 g/mol. The van der Waals surface area contributed by atoms with Gasteiger partial charge in [0.25, 0.3) is 5.91 Å². The lowest BCUT2D eigenvalue weighted by Gasteiger charge is -2.35. The van der Waals surface area contributed by atoms with Crippen LogP contribution in [0.3, 0.4) is 0 Å². The van der Waals surface area contributed by atoms with Gasteiger partial charge in [-0.05, 0) is 36.4 Å². The van der Waals surface area contributed by atoms with Gasteiger partial charge in [0.1, 0.15) is 5.82 Å². The average Bonchev–Trinajstić information content (AvgIpc) is 3.51. The first kappa shape index (κ1) is 23.0. The number of carbonyl (C=O) groups excluding carboxylic acids is 2. The molecular formula is C23H27ClN4O2S2. The highest BCUT2D eigenvalue weighted by molar-refractivity contribution is 7.16. The Labute approximate surface area is 201 Å². The molecule has 0 atom stereocenters. The summed E-state index contributed by atoms with van der Waals surface area (Å²) in [7, 11) is 0. The van der Waals surface area contributed by atoms with Crippen molar-refractivity contribution in [3.8, 4) is 0 Å². The topological polar surface area (TPSA) is 67.2 Å². The number of rotatable bonds is 5. The molecule has 4 heterocycles. The minimum Gasteiger partial charge on any atom is -0.365 e. The lowest BCUT2D eigenvalue weighted by Crippen LogP contribution is -2.43. The smallest absolute Gasteiger partial charge is 0.280 e. The van der Waals surface area contributed by atoms with E-state index in [1.807, 2.05) is 60.7 Å². The van der Waals surface area contributed by atoms with Gasteiger partial charge in [-0.3, -0.25) is 9.59 Å². The average molecular weight is 491 g/mol. The van der Waals surface area contributed by atoms with E-state index in [9.17, 15) is 9.59 Å². The Bertz CT molecular complexity index is 1090. The fraction of sp³-hybridized carbons (Fsp3) is 0.435. The van der Waals surface area contributed by atoms with Gasteiger partial charge in [0.05, 0.1) is 22.1 Å². The van der Waals surface area contributed by atoms with Gasteiger partial charge in [-0.1, -0.05) is 32.4 Å². The third-order valence-corrected chi connectivity index (χ3v) is 7.52. The van der Waals surface area contributed by atoms with E-state index >= 15 is 0 Å². The van der Waals surface area contributed by atoms with Crippen LogP contribution < -0.4 is 5.32 Å². The minimum absolute atomic E-state index is 0.149. The Balaban J connectivity index is 1.52. The van der Waals surface area contributed by atoms with Crippen LogP contribution in [-0.2, 0) is 11.3 Å². The molecule has 0 radical (unpaired) electrons. The molecule has 3 aromatic heterocycles. The molecule has 0 aromatic carbocycles. The second kappa shape index (κ2) is 9.37. The van der Waals surface area contributed by atoms with Gasteiger partial charge in [0.2, 0.25) is 5.91 Å². The van der Waals surface area contributed by atoms with Crippen molar-refractivity contribution in [1.29, 1.82) is 0 Å². The van der Waals surface area contributed by atoms with Crippen LogP contribution in [0.25, 0.3) is 0 Å². The molecule has 0 spiro atoms. The molecule has 1 aliphatic heterocycles. The Morgan fingerprint density at radius 2 is 1.97 bits per heavy atom. The van der Waals surface area contributed by atoms with Crippen molar-refractivity contribution in [3.05, 3.63) is 55.5 Å². The molecule has 170 valence electrons. The summed E-state index contributed by atoms with van der Waals surface area (Å²) in [6.45, 7) is 7.86. The third kappa shape index (κ3) is 5.08. The molecule has 0 aliphatic carbocycles. The molecule has 3 aromatic rings. The molecule has 1 fully saturated rings. The maximum Gasteiger partial charge on any atom is 0.280 e. The van der Waals surface area contributed by atoms with Crippen LogP contribution in [0.15, 0.2) is 35.0 Å². The predicted molar refractivity (Wildman–Crippen MR) is 131 cm³/mol. The van der Waals surface area contributed by atoms with Crippen LogP contribution in [0.5, 0.6) is 0 Å². The number of thiophene rings is 2. The number of nitrogens with one attached hydrogen (secondary N) is 1. The van der Waals surface area contributed by atoms with Crippen LogP contribution in [0, 0.1) is 5.41 Å². The molecular weight excluding hydrogens is 464 g/mol. The molecule has 0 bridgehead atoms. The summed E-state index contributed by atoms with van der Waals surface area (Å²) in [6, 6.07) is 7.64. The Kier molecular flexibility index (Phi) is 6.74. The quantitative estimate of drug-likeness (QED) is 0.497. The van der Waals surface area contributed by atoms with Crippen molar-refractivity contribution < 1.29 is 9.59 Å². The van der Waals surface area contributed by atoms with Crippen LogP contribution in [0.4, 0.5) is 5.82 Å². The van der Waals surface area contributed by atoms with E-state index in [0.29, 0.717) is 31.0 Å². The summed E-state index contributed by atoms with van der Waals surface area (Å²) in [4.78, 5) is 28.7. The fourth-order valence-electron chi connectivity index (χ4n) is 3.87. The summed E-state index contributed by atoms with van der Waals surface area (Å²) in [5.41, 5.74) is 1.14. The van der Waals surface area contributed by atoms with E-state index in [1.165, 1.54) is 27.4 Å². The zero-order chi connectivity index (χ0) is 22.9. The summed E-state index contributed by atoms with van der Waals surface area (Å²) >= 11 is 9.05. The molecule has 6 nitrogen and oxygen atoms in total. The van der Waals surface area contributed by atoms with Gasteiger partial charge in [-0.15, -0.1) is 11.3 Å². The van der Waals surface area contributed by atoms with Gasteiger partial charge < -0.3 is 10.2 Å². The van der Waals surface area contributed by atoms with Crippen molar-refractivity contribution in [2.45, 2.75) is 46.1 Å². The zero-order valence-corrected chi connectivity index (χ0v) is 20.8. The molecule has 1 amide bonds. The van der Waals surface area contributed by atoms with Gasteiger partial charge in [0, 0.05) is 40.7 Å². The van der Waals surface area contributed by atoms with Crippen molar-refractivity contribution in [1.82, 2.24) is 14.7 Å². The van der Waals surface area contributed by atoms with E-state index in [0.717, 1.165) is 27.7 Å². The molecule has 32 heavy (non-hydrogen) atoms. The molecule has 1 N–H and O–H groups in total. The summed E-state index contributed by atoms with van der Waals surface area (Å²) < 4.78 is 2.21. The molecule has 0 unspecified atom stereocenters. The second-order valence-electron chi connectivity index (χ2n) is 9.06. The number of hydrogen-bond donors (Lipinski definition) is 1. The first-order valence-corrected chi connectivity index (χ1v) is 12.8. The molecule has 9 heteroatoms. The number of likely N-dealkylation sites (tertiary alicyclic amines) is 1. The lowest BCUT2D eigenvalue weighted by atomic mass is 9.90. The van der Waals surface area contributed by atoms with Gasteiger partial charge in [-0.2, -0.15) is 21.1 Å². The summed E-state index contributed by atoms with van der Waals surface area (Å²) in [5, 5.41) is 11.8. The third-order valence-electron chi connectivity index (χ3n) is 5.60. The second-order valence-corrected chi connectivity index (χ2v) is 11.6. The molecule has 4 rings (SSSR count). The van der Waals surface area contributed by atoms with Crippen LogP contribution in [0.1, 0.15) is 60.5 Å². The van der Waals surface area contributed by atoms with E-state index in [1.54, 1.807) is 0 Å². The number of hydrogen-bond acceptors (Lipinski definition) is 6. The maximum absolute atomic E-state index is 13.1. The summed E-state index contributed by atoms with van der Waals surface area (Å²) in [6.07, 6.45) is 1.68. The number of carbonyl (C=O) groups is 2. The number of piperidine rings is 1. The Morgan fingerprint density at radius 3 is 2.56 bits per heavy atom. The lowest BCUT2D eigenvalue weighted by molar-refractivity contribution is -0.140. The molecule has 1 aliphatic rings. The number of amides is 1. The molecule has 0 saturated carbocycles. The van der Waals surface area contributed by atoms with Crippen molar-refractivity contribution in [2.24, 2.45) is 5.41 Å². The highest BCUT2D eigenvalue weighted by atomic mass is 35.5. The SMILES string of the molecule is CC(C)(C)C(=O)N1CCC(c2cc(NCc3ccc(Cl)s3)n(C(=O)c3ccsc3)n2)CC1. The normalized spacial score (nSPS) is 15.2. The number of halogens is 1. The van der Waals surface area contributed by atoms with E-state index in [-0.39, 0.29) is 23.1 Å². The van der Waals surface area contributed by atoms with Crippen molar-refractivity contribution >= 4 is 51.9 Å². The Morgan fingerprint density at radius 1 is 1.22 bits per heavy atom. The van der Waals surface area contributed by atoms with Crippen LogP contribution >= 0.6 is 34.3 Å². The fourth-order valence-corrected chi connectivity index (χ4v) is 5.52. The Hall–Kier alpha value is -2.16. The maximum atomic E-state index is 13.1. The van der Waals surface area contributed by atoms with E-state index in [4.69, 9.17) is 16.7 Å². The standard InChI is InChI=1S/C23H27ClN4O2S2/c1-23(2,3)22(30)27-9-6-15(7-10-27)18-12-20(25-13-17-4-5-19(24)32-17)28(26-18)21(29)16-8-11-31-14-16/h4-5,8,11-12,14-15,25H,6-7,9-10,13H2,1-3H3. The summed E-state index contributed by atoms with van der Waals surface area (Å²) in [5.74, 6) is 0.928. The van der Waals surface area contributed by atoms with E-state index < -0.39 is 0 Å². The first-order chi connectivity index (χ1) is 15.2. The van der Waals surface area contributed by atoms with E-state index in [2.05, 4.69) is 5.32 Å². The molecule has 1 saturated heterocycles. The minimum atomic E-state index is -0.372. The van der Waals surface area contributed by atoms with Gasteiger partial charge >= 0.3 is 0 Å². The highest BCUT2D eigenvalue weighted by Crippen LogP contribution is 2.32. The van der Waals surface area contributed by atoms with Crippen molar-refractivity contribution in [3.63, 3.8) is 0 Å². The number of anilines is 1.